The fourth-order valence-electron chi connectivity index (χ4n) is 7.03. The van der Waals surface area contributed by atoms with Crippen LogP contribution in [0.3, 0.4) is 0 Å². The summed E-state index contributed by atoms with van der Waals surface area (Å²) in [6.07, 6.45) is 13.5. The second kappa shape index (κ2) is 12.3. The zero-order valence-electron chi connectivity index (χ0n) is 21.8. The number of anilines is 2. The van der Waals surface area contributed by atoms with E-state index in [1.807, 2.05) is 6.92 Å². The maximum atomic E-state index is 11.9. The van der Waals surface area contributed by atoms with Crippen LogP contribution in [0.15, 0.2) is 18.2 Å². The van der Waals surface area contributed by atoms with Crippen molar-refractivity contribution in [2.45, 2.75) is 77.0 Å². The number of benzene rings is 1. The summed E-state index contributed by atoms with van der Waals surface area (Å²) in [4.78, 5) is 19.4. The predicted octanol–water partition coefficient (Wildman–Crippen LogP) is 5.65. The lowest BCUT2D eigenvalue weighted by Gasteiger charge is -2.44. The third-order valence-corrected chi connectivity index (χ3v) is 9.29. The van der Waals surface area contributed by atoms with Crippen molar-refractivity contribution >= 4 is 29.6 Å². The van der Waals surface area contributed by atoms with Gasteiger partial charge in [-0.15, -0.1) is 12.4 Å². The minimum atomic E-state index is 0. The molecule has 6 heteroatoms. The number of carbonyl (C=O) groups is 1. The van der Waals surface area contributed by atoms with Crippen molar-refractivity contribution in [2.75, 3.05) is 68.8 Å². The number of hydrogen-bond acceptors (Lipinski definition) is 5. The highest BCUT2D eigenvalue weighted by Crippen LogP contribution is 2.52. The lowest BCUT2D eigenvalue weighted by Crippen LogP contribution is -2.48. The first-order chi connectivity index (χ1) is 16.7. The van der Waals surface area contributed by atoms with E-state index in [4.69, 9.17) is 4.74 Å². The van der Waals surface area contributed by atoms with Crippen molar-refractivity contribution in [1.29, 1.82) is 0 Å². The van der Waals surface area contributed by atoms with Gasteiger partial charge in [0.2, 0.25) is 0 Å². The highest BCUT2D eigenvalue weighted by atomic mass is 35.5. The van der Waals surface area contributed by atoms with Crippen LogP contribution in [0.4, 0.5) is 11.4 Å². The number of hydrogen-bond donors (Lipinski definition) is 0. The maximum Gasteiger partial charge on any atom is 0.146 e. The first-order valence-corrected chi connectivity index (χ1v) is 14.1. The van der Waals surface area contributed by atoms with Crippen LogP contribution in [0, 0.1) is 5.41 Å². The molecule has 1 aromatic carbocycles. The van der Waals surface area contributed by atoms with E-state index in [2.05, 4.69) is 32.9 Å². The Labute approximate surface area is 219 Å². The molecule has 0 N–H and O–H groups in total. The van der Waals surface area contributed by atoms with E-state index in [0.29, 0.717) is 30.1 Å². The van der Waals surface area contributed by atoms with Crippen LogP contribution in [-0.2, 0) is 9.53 Å². The fourth-order valence-corrected chi connectivity index (χ4v) is 7.03. The molecule has 2 heterocycles. The normalized spacial score (nSPS) is 23.8. The molecule has 196 valence electrons. The number of rotatable bonds is 6. The molecule has 1 spiro atoms. The Morgan fingerprint density at radius 2 is 1.60 bits per heavy atom. The minimum absolute atomic E-state index is 0. The Kier molecular flexibility index (Phi) is 9.40. The van der Waals surface area contributed by atoms with E-state index in [9.17, 15) is 4.79 Å². The number of ketones is 1. The SMILES string of the molecule is CCC(=O)CN1CCN(c2ccc(N3CCOCC3)cc2C2CCC3(CCCCC3)CC2)CC1.Cl. The number of ether oxygens (including phenoxy) is 1. The number of carbonyl (C=O) groups excluding carboxylic acids is 1. The fraction of sp³-hybridized carbons (Fsp3) is 0.759. The van der Waals surface area contributed by atoms with E-state index in [1.165, 1.54) is 69.2 Å². The van der Waals surface area contributed by atoms with Crippen LogP contribution in [0.5, 0.6) is 0 Å². The molecule has 2 saturated heterocycles. The van der Waals surface area contributed by atoms with Gasteiger partial charge in [-0.05, 0) is 73.6 Å². The van der Waals surface area contributed by atoms with Gasteiger partial charge >= 0.3 is 0 Å². The number of morpholine rings is 1. The minimum Gasteiger partial charge on any atom is -0.378 e. The summed E-state index contributed by atoms with van der Waals surface area (Å²) in [5, 5.41) is 0. The molecule has 0 aromatic heterocycles. The molecule has 0 amide bonds. The van der Waals surface area contributed by atoms with Crippen molar-refractivity contribution in [3.63, 3.8) is 0 Å². The molecule has 1 aromatic rings. The first kappa shape index (κ1) is 26.8. The van der Waals surface area contributed by atoms with Gasteiger partial charge in [-0.25, -0.2) is 0 Å². The Balaban J connectivity index is 0.00000289. The van der Waals surface area contributed by atoms with Gasteiger partial charge in [-0.2, -0.15) is 0 Å². The maximum absolute atomic E-state index is 11.9. The second-order valence-corrected chi connectivity index (χ2v) is 11.3. The van der Waals surface area contributed by atoms with Crippen LogP contribution in [-0.4, -0.2) is 69.7 Å². The van der Waals surface area contributed by atoms with Crippen molar-refractivity contribution in [3.05, 3.63) is 23.8 Å². The molecule has 5 rings (SSSR count). The van der Waals surface area contributed by atoms with E-state index in [0.717, 1.165) is 52.5 Å². The lowest BCUT2D eigenvalue weighted by atomic mass is 9.62. The quantitative estimate of drug-likeness (QED) is 0.501. The van der Waals surface area contributed by atoms with Gasteiger partial charge in [0.15, 0.2) is 0 Å². The van der Waals surface area contributed by atoms with E-state index >= 15 is 0 Å². The summed E-state index contributed by atoms with van der Waals surface area (Å²) in [6, 6.07) is 7.30. The first-order valence-electron chi connectivity index (χ1n) is 14.1. The number of piperazine rings is 1. The summed E-state index contributed by atoms with van der Waals surface area (Å²) in [6.45, 7) is 10.3. The third-order valence-electron chi connectivity index (χ3n) is 9.29. The summed E-state index contributed by atoms with van der Waals surface area (Å²) in [5.74, 6) is 1.05. The Morgan fingerprint density at radius 1 is 0.914 bits per heavy atom. The third kappa shape index (κ3) is 6.34. The van der Waals surface area contributed by atoms with Crippen molar-refractivity contribution in [2.24, 2.45) is 5.41 Å². The van der Waals surface area contributed by atoms with Crippen LogP contribution < -0.4 is 9.80 Å². The van der Waals surface area contributed by atoms with Gasteiger partial charge in [0.1, 0.15) is 5.78 Å². The summed E-state index contributed by atoms with van der Waals surface area (Å²) >= 11 is 0. The molecule has 2 aliphatic carbocycles. The average Bonchev–Trinajstić information content (AvgIpc) is 2.90. The Bertz CT molecular complexity index is 817. The molecule has 0 unspecified atom stereocenters. The van der Waals surface area contributed by atoms with Gasteiger partial charge in [-0.1, -0.05) is 26.2 Å². The average molecular weight is 504 g/mol. The van der Waals surface area contributed by atoms with Crippen LogP contribution >= 0.6 is 12.4 Å². The van der Waals surface area contributed by atoms with Crippen molar-refractivity contribution in [3.8, 4) is 0 Å². The van der Waals surface area contributed by atoms with Crippen molar-refractivity contribution in [1.82, 2.24) is 4.90 Å². The molecule has 2 aliphatic heterocycles. The molecule has 2 saturated carbocycles. The summed E-state index contributed by atoms with van der Waals surface area (Å²) in [5.41, 5.74) is 5.09. The lowest BCUT2D eigenvalue weighted by molar-refractivity contribution is -0.119. The zero-order valence-corrected chi connectivity index (χ0v) is 22.6. The molecule has 0 radical (unpaired) electrons. The highest BCUT2D eigenvalue weighted by Gasteiger charge is 2.37. The van der Waals surface area contributed by atoms with Crippen molar-refractivity contribution < 1.29 is 9.53 Å². The van der Waals surface area contributed by atoms with Gasteiger partial charge < -0.3 is 14.5 Å². The smallest absolute Gasteiger partial charge is 0.146 e. The summed E-state index contributed by atoms with van der Waals surface area (Å²) < 4.78 is 5.62. The summed E-state index contributed by atoms with van der Waals surface area (Å²) in [7, 11) is 0. The molecule has 4 aliphatic rings. The van der Waals surface area contributed by atoms with Crippen LogP contribution in [0.1, 0.15) is 82.6 Å². The number of halogens is 1. The van der Waals surface area contributed by atoms with Gasteiger partial charge in [0, 0.05) is 57.1 Å². The van der Waals surface area contributed by atoms with Gasteiger partial charge in [-0.3, -0.25) is 9.69 Å². The monoisotopic (exact) mass is 503 g/mol. The molecule has 0 atom stereocenters. The van der Waals surface area contributed by atoms with Crippen LogP contribution in [0.25, 0.3) is 0 Å². The molecule has 4 fully saturated rings. The highest BCUT2D eigenvalue weighted by molar-refractivity contribution is 5.85. The molecular weight excluding hydrogens is 458 g/mol. The Morgan fingerprint density at radius 3 is 2.26 bits per heavy atom. The number of Topliss-reactive ketones (excluding diaryl/α,β-unsaturated/α-hetero) is 1. The van der Waals surface area contributed by atoms with Gasteiger partial charge in [0.25, 0.3) is 0 Å². The number of nitrogens with zero attached hydrogens (tertiary/aromatic N) is 3. The standard InChI is InChI=1S/C29H45N3O2.ClH/c1-2-26(33)23-30-14-16-32(17-15-30)28-7-6-25(31-18-20-34-21-19-31)22-27(28)24-8-12-29(13-9-24)10-4-3-5-11-29;/h6-7,22,24H,2-5,8-21,23H2,1H3;1H. The second-order valence-electron chi connectivity index (χ2n) is 11.3. The largest absolute Gasteiger partial charge is 0.378 e. The van der Waals surface area contributed by atoms with E-state index in [1.54, 1.807) is 5.56 Å². The van der Waals surface area contributed by atoms with E-state index in [-0.39, 0.29) is 12.4 Å². The van der Waals surface area contributed by atoms with E-state index < -0.39 is 0 Å². The molecule has 35 heavy (non-hydrogen) atoms. The molecular formula is C29H46ClN3O2. The zero-order chi connectivity index (χ0) is 23.4. The van der Waals surface area contributed by atoms with Gasteiger partial charge in [0.05, 0.1) is 19.8 Å². The molecule has 0 bridgehead atoms. The molecule has 5 nitrogen and oxygen atoms in total. The van der Waals surface area contributed by atoms with Crippen LogP contribution in [0.2, 0.25) is 0 Å². The predicted molar refractivity (Wildman–Crippen MR) is 147 cm³/mol. The topological polar surface area (TPSA) is 36.0 Å². The Hall–Kier alpha value is -1.30.